The van der Waals surface area contributed by atoms with E-state index >= 15 is 0 Å². The number of hydrogen-bond acceptors (Lipinski definition) is 3. The molecule has 0 unspecified atom stereocenters. The van der Waals surface area contributed by atoms with Gasteiger partial charge in [0.1, 0.15) is 0 Å². The minimum atomic E-state index is -0.171. The number of benzene rings is 2. The molecule has 0 radical (unpaired) electrons. The lowest BCUT2D eigenvalue weighted by atomic mass is 10.1. The van der Waals surface area contributed by atoms with Gasteiger partial charge < -0.3 is 19.8 Å². The number of rotatable bonds is 6. The molecule has 1 amide bonds. The van der Waals surface area contributed by atoms with Crippen molar-refractivity contribution in [3.63, 3.8) is 0 Å². The molecule has 2 aromatic carbocycles. The zero-order chi connectivity index (χ0) is 17.6. The highest BCUT2D eigenvalue weighted by Gasteiger charge is 2.09. The van der Waals surface area contributed by atoms with Gasteiger partial charge in [-0.1, -0.05) is 30.3 Å². The van der Waals surface area contributed by atoms with Crippen molar-refractivity contribution in [3.05, 3.63) is 65.9 Å². The standard InChI is InChI=1S/C20H20N2O3/c1-24-18-9-5-6-15(20(18)25-2)13-22-19(23)11-10-14-12-21-17-8-4-3-7-16(14)17/h3-12,21H,13H2,1-2H3,(H,22,23)/b11-10+. The molecule has 128 valence electrons. The summed E-state index contributed by atoms with van der Waals surface area (Å²) >= 11 is 0. The molecule has 0 atom stereocenters. The van der Waals surface area contributed by atoms with Gasteiger partial charge in [-0.05, 0) is 23.8 Å². The molecule has 2 N–H and O–H groups in total. The van der Waals surface area contributed by atoms with Crippen molar-refractivity contribution < 1.29 is 14.3 Å². The lowest BCUT2D eigenvalue weighted by molar-refractivity contribution is -0.116. The molecule has 3 aromatic rings. The summed E-state index contributed by atoms with van der Waals surface area (Å²) in [4.78, 5) is 15.3. The molecule has 0 aliphatic carbocycles. The minimum absolute atomic E-state index is 0.171. The first-order valence-electron chi connectivity index (χ1n) is 7.95. The molecule has 1 heterocycles. The quantitative estimate of drug-likeness (QED) is 0.677. The lowest BCUT2D eigenvalue weighted by Crippen LogP contribution is -2.20. The summed E-state index contributed by atoms with van der Waals surface area (Å²) in [5.41, 5.74) is 2.88. The molecule has 3 rings (SSSR count). The Morgan fingerprint density at radius 1 is 1.12 bits per heavy atom. The molecule has 0 saturated heterocycles. The fourth-order valence-electron chi connectivity index (χ4n) is 2.73. The van der Waals surface area contributed by atoms with Gasteiger partial charge in [-0.15, -0.1) is 0 Å². The van der Waals surface area contributed by atoms with Crippen LogP contribution in [0.1, 0.15) is 11.1 Å². The number of para-hydroxylation sites is 2. The molecule has 0 saturated carbocycles. The number of aromatic nitrogens is 1. The van der Waals surface area contributed by atoms with E-state index in [2.05, 4.69) is 10.3 Å². The molecule has 5 nitrogen and oxygen atoms in total. The van der Waals surface area contributed by atoms with Crippen LogP contribution in [0.5, 0.6) is 11.5 Å². The Kier molecular flexibility index (Phi) is 5.04. The van der Waals surface area contributed by atoms with Crippen LogP contribution < -0.4 is 14.8 Å². The largest absolute Gasteiger partial charge is 0.493 e. The Hall–Kier alpha value is -3.21. The number of methoxy groups -OCH3 is 2. The second kappa shape index (κ2) is 7.57. The summed E-state index contributed by atoms with van der Waals surface area (Å²) < 4.78 is 10.6. The van der Waals surface area contributed by atoms with Gasteiger partial charge in [-0.2, -0.15) is 0 Å². The first kappa shape index (κ1) is 16.6. The summed E-state index contributed by atoms with van der Waals surface area (Å²) in [6, 6.07) is 13.5. The van der Waals surface area contributed by atoms with Crippen molar-refractivity contribution in [2.45, 2.75) is 6.54 Å². The van der Waals surface area contributed by atoms with Crippen LogP contribution >= 0.6 is 0 Å². The maximum atomic E-state index is 12.1. The van der Waals surface area contributed by atoms with Crippen LogP contribution in [0, 0.1) is 0 Å². The molecule has 0 spiro atoms. The third-order valence-electron chi connectivity index (χ3n) is 3.97. The number of carbonyl (C=O) groups excluding carboxylic acids is 1. The molecule has 0 aliphatic rings. The van der Waals surface area contributed by atoms with Crippen LogP contribution in [0.3, 0.4) is 0 Å². The number of aromatic amines is 1. The van der Waals surface area contributed by atoms with E-state index < -0.39 is 0 Å². The number of carbonyl (C=O) groups is 1. The Morgan fingerprint density at radius 3 is 2.76 bits per heavy atom. The summed E-state index contributed by atoms with van der Waals surface area (Å²) in [6.07, 6.45) is 5.22. The van der Waals surface area contributed by atoms with Gasteiger partial charge >= 0.3 is 0 Å². The number of amides is 1. The zero-order valence-corrected chi connectivity index (χ0v) is 14.2. The Labute approximate surface area is 146 Å². The Morgan fingerprint density at radius 2 is 1.96 bits per heavy atom. The second-order valence-corrected chi connectivity index (χ2v) is 5.49. The van der Waals surface area contributed by atoms with E-state index in [1.807, 2.05) is 48.7 Å². The first-order chi connectivity index (χ1) is 12.2. The van der Waals surface area contributed by atoms with Crippen molar-refractivity contribution in [3.8, 4) is 11.5 Å². The SMILES string of the molecule is COc1cccc(CNC(=O)/C=C/c2c[nH]c3ccccc23)c1OC. The number of ether oxygens (including phenoxy) is 2. The fourth-order valence-corrected chi connectivity index (χ4v) is 2.73. The van der Waals surface area contributed by atoms with Crippen molar-refractivity contribution in [1.82, 2.24) is 10.3 Å². The lowest BCUT2D eigenvalue weighted by Gasteiger charge is -2.12. The van der Waals surface area contributed by atoms with Gasteiger partial charge in [0.25, 0.3) is 0 Å². The topological polar surface area (TPSA) is 63.3 Å². The van der Waals surface area contributed by atoms with E-state index in [4.69, 9.17) is 9.47 Å². The molecule has 5 heteroatoms. The number of nitrogens with one attached hydrogen (secondary N) is 2. The molecular weight excluding hydrogens is 316 g/mol. The molecule has 0 bridgehead atoms. The number of hydrogen-bond donors (Lipinski definition) is 2. The van der Waals surface area contributed by atoms with Crippen LogP contribution in [0.15, 0.2) is 54.7 Å². The van der Waals surface area contributed by atoms with Crippen LogP contribution in [-0.4, -0.2) is 25.1 Å². The number of fused-ring (bicyclic) bond motifs is 1. The summed E-state index contributed by atoms with van der Waals surface area (Å²) in [7, 11) is 3.17. The smallest absolute Gasteiger partial charge is 0.244 e. The summed E-state index contributed by atoms with van der Waals surface area (Å²) in [6.45, 7) is 0.359. The third kappa shape index (κ3) is 3.66. The maximum absolute atomic E-state index is 12.1. The van der Waals surface area contributed by atoms with Crippen LogP contribution in [0.25, 0.3) is 17.0 Å². The van der Waals surface area contributed by atoms with Crippen molar-refractivity contribution in [2.75, 3.05) is 14.2 Å². The van der Waals surface area contributed by atoms with Crippen LogP contribution in [0.2, 0.25) is 0 Å². The monoisotopic (exact) mass is 336 g/mol. The highest BCUT2D eigenvalue weighted by atomic mass is 16.5. The van der Waals surface area contributed by atoms with Gasteiger partial charge in [0.15, 0.2) is 11.5 Å². The van der Waals surface area contributed by atoms with Gasteiger partial charge in [-0.3, -0.25) is 4.79 Å². The van der Waals surface area contributed by atoms with Crippen molar-refractivity contribution in [1.29, 1.82) is 0 Å². The van der Waals surface area contributed by atoms with Gasteiger partial charge in [0.05, 0.1) is 14.2 Å². The average molecular weight is 336 g/mol. The Bertz CT molecular complexity index is 912. The summed E-state index contributed by atoms with van der Waals surface area (Å²) in [5, 5.41) is 3.95. The van der Waals surface area contributed by atoms with E-state index in [0.717, 1.165) is 22.0 Å². The molecule has 0 aliphatic heterocycles. The molecular formula is C20H20N2O3. The highest BCUT2D eigenvalue weighted by molar-refractivity contribution is 5.96. The number of H-pyrrole nitrogens is 1. The van der Waals surface area contributed by atoms with Crippen molar-refractivity contribution >= 4 is 22.9 Å². The molecule has 0 fully saturated rings. The van der Waals surface area contributed by atoms with Gasteiger partial charge in [0.2, 0.25) is 5.91 Å². The third-order valence-corrected chi connectivity index (χ3v) is 3.97. The maximum Gasteiger partial charge on any atom is 0.244 e. The normalized spacial score (nSPS) is 11.0. The second-order valence-electron chi connectivity index (χ2n) is 5.49. The van der Waals surface area contributed by atoms with Crippen LogP contribution in [-0.2, 0) is 11.3 Å². The Balaban J connectivity index is 1.67. The van der Waals surface area contributed by atoms with E-state index in [-0.39, 0.29) is 5.91 Å². The van der Waals surface area contributed by atoms with E-state index in [9.17, 15) is 4.79 Å². The average Bonchev–Trinajstić information content (AvgIpc) is 3.07. The van der Waals surface area contributed by atoms with Gasteiger partial charge in [0, 0.05) is 35.3 Å². The van der Waals surface area contributed by atoms with E-state index in [0.29, 0.717) is 18.0 Å². The highest BCUT2D eigenvalue weighted by Crippen LogP contribution is 2.30. The van der Waals surface area contributed by atoms with Crippen molar-refractivity contribution in [2.24, 2.45) is 0 Å². The molecule has 1 aromatic heterocycles. The molecule has 25 heavy (non-hydrogen) atoms. The minimum Gasteiger partial charge on any atom is -0.493 e. The predicted molar refractivity (Wildman–Crippen MR) is 98.7 cm³/mol. The van der Waals surface area contributed by atoms with E-state index in [1.54, 1.807) is 20.3 Å². The predicted octanol–water partition coefficient (Wildman–Crippen LogP) is 3.51. The van der Waals surface area contributed by atoms with Crippen LogP contribution in [0.4, 0.5) is 0 Å². The first-order valence-corrected chi connectivity index (χ1v) is 7.95. The fraction of sp³-hybridized carbons (Fsp3) is 0.150. The summed E-state index contributed by atoms with van der Waals surface area (Å²) in [5.74, 6) is 1.10. The van der Waals surface area contributed by atoms with E-state index in [1.165, 1.54) is 6.08 Å². The van der Waals surface area contributed by atoms with Gasteiger partial charge in [-0.25, -0.2) is 0 Å². The zero-order valence-electron chi connectivity index (χ0n) is 14.2.